The van der Waals surface area contributed by atoms with Gasteiger partial charge in [-0.25, -0.2) is 0 Å². The second kappa shape index (κ2) is 6.12. The number of anilines is 1. The number of fused-ring (bicyclic) bond motifs is 1. The lowest BCUT2D eigenvalue weighted by atomic mass is 9.93. The summed E-state index contributed by atoms with van der Waals surface area (Å²) in [6.07, 6.45) is 1.14. The Morgan fingerprint density at radius 2 is 2.05 bits per heavy atom. The molecule has 20 heavy (non-hydrogen) atoms. The number of hydrogen-bond donors (Lipinski definition) is 2. The van der Waals surface area contributed by atoms with Crippen LogP contribution in [0.15, 0.2) is 18.2 Å². The molecule has 0 radical (unpaired) electrons. The Kier molecular flexibility index (Phi) is 4.24. The standard InChI is InChI=1S/C16H26N4/c1-17-12-14-10-15-13(11-18-14)4-3-5-16(15)20-8-6-19(2)7-9-20/h3-5,14,17-18H,6-12H2,1-2H3. The fraction of sp³-hybridized carbons (Fsp3) is 0.625. The van der Waals surface area contributed by atoms with E-state index in [4.69, 9.17) is 0 Å². The van der Waals surface area contributed by atoms with E-state index in [-0.39, 0.29) is 0 Å². The molecule has 110 valence electrons. The molecule has 1 aromatic carbocycles. The predicted octanol–water partition coefficient (Wildman–Crippen LogP) is 0.672. The Morgan fingerprint density at radius 1 is 1.25 bits per heavy atom. The lowest BCUT2D eigenvalue weighted by Crippen LogP contribution is -2.46. The Morgan fingerprint density at radius 3 is 2.80 bits per heavy atom. The molecular weight excluding hydrogens is 248 g/mol. The summed E-state index contributed by atoms with van der Waals surface area (Å²) in [6, 6.07) is 7.36. The van der Waals surface area contributed by atoms with Gasteiger partial charge < -0.3 is 20.4 Å². The molecule has 1 saturated heterocycles. The van der Waals surface area contributed by atoms with Gasteiger partial charge in [-0.3, -0.25) is 0 Å². The van der Waals surface area contributed by atoms with Crippen molar-refractivity contribution in [3.63, 3.8) is 0 Å². The van der Waals surface area contributed by atoms with E-state index in [1.165, 1.54) is 24.3 Å². The fourth-order valence-electron chi connectivity index (χ4n) is 3.33. The van der Waals surface area contributed by atoms with E-state index < -0.39 is 0 Å². The van der Waals surface area contributed by atoms with Gasteiger partial charge in [-0.1, -0.05) is 12.1 Å². The van der Waals surface area contributed by atoms with Crippen LogP contribution in [-0.2, 0) is 13.0 Å². The van der Waals surface area contributed by atoms with Gasteiger partial charge in [0.25, 0.3) is 0 Å². The Bertz CT molecular complexity index is 452. The van der Waals surface area contributed by atoms with Gasteiger partial charge in [0.05, 0.1) is 0 Å². The fourth-order valence-corrected chi connectivity index (χ4v) is 3.33. The van der Waals surface area contributed by atoms with Gasteiger partial charge in [0, 0.05) is 51.0 Å². The van der Waals surface area contributed by atoms with Gasteiger partial charge in [0.2, 0.25) is 0 Å². The van der Waals surface area contributed by atoms with E-state index >= 15 is 0 Å². The van der Waals surface area contributed by atoms with E-state index in [1.54, 1.807) is 5.56 Å². The number of piperazine rings is 1. The van der Waals surface area contributed by atoms with Crippen LogP contribution in [0.4, 0.5) is 5.69 Å². The molecule has 0 bridgehead atoms. The maximum absolute atomic E-state index is 3.62. The molecule has 2 heterocycles. The van der Waals surface area contributed by atoms with Crippen molar-refractivity contribution in [2.24, 2.45) is 0 Å². The smallest absolute Gasteiger partial charge is 0.0403 e. The van der Waals surface area contributed by atoms with Crippen LogP contribution in [0.2, 0.25) is 0 Å². The molecule has 0 spiro atoms. The van der Waals surface area contributed by atoms with Gasteiger partial charge in [-0.05, 0) is 37.7 Å². The van der Waals surface area contributed by atoms with Crippen molar-refractivity contribution < 1.29 is 0 Å². The molecule has 1 fully saturated rings. The highest BCUT2D eigenvalue weighted by Crippen LogP contribution is 2.28. The molecule has 1 aromatic rings. The summed E-state index contributed by atoms with van der Waals surface area (Å²) in [7, 11) is 4.24. The molecule has 0 aromatic heterocycles. The third kappa shape index (κ3) is 2.82. The molecule has 2 aliphatic heterocycles. The topological polar surface area (TPSA) is 30.5 Å². The SMILES string of the molecule is CNCC1Cc2c(cccc2N2CCN(C)CC2)CN1. The molecule has 4 heteroatoms. The first kappa shape index (κ1) is 13.9. The largest absolute Gasteiger partial charge is 0.369 e. The van der Waals surface area contributed by atoms with E-state index in [2.05, 4.69) is 45.7 Å². The second-order valence-corrected chi connectivity index (χ2v) is 6.04. The second-order valence-electron chi connectivity index (χ2n) is 6.04. The van der Waals surface area contributed by atoms with Crippen molar-refractivity contribution in [2.45, 2.75) is 19.0 Å². The Balaban J connectivity index is 1.82. The van der Waals surface area contributed by atoms with Gasteiger partial charge in [-0.15, -0.1) is 0 Å². The van der Waals surface area contributed by atoms with Gasteiger partial charge in [-0.2, -0.15) is 0 Å². The molecule has 0 saturated carbocycles. The zero-order chi connectivity index (χ0) is 13.9. The first-order chi connectivity index (χ1) is 9.78. The van der Waals surface area contributed by atoms with E-state index in [9.17, 15) is 0 Å². The van der Waals surface area contributed by atoms with Gasteiger partial charge >= 0.3 is 0 Å². The van der Waals surface area contributed by atoms with Crippen molar-refractivity contribution in [1.82, 2.24) is 15.5 Å². The summed E-state index contributed by atoms with van der Waals surface area (Å²) < 4.78 is 0. The highest BCUT2D eigenvalue weighted by atomic mass is 15.2. The molecule has 0 aliphatic carbocycles. The zero-order valence-corrected chi connectivity index (χ0v) is 12.7. The van der Waals surface area contributed by atoms with E-state index in [0.29, 0.717) is 6.04 Å². The monoisotopic (exact) mass is 274 g/mol. The van der Waals surface area contributed by atoms with Crippen LogP contribution in [0.25, 0.3) is 0 Å². The summed E-state index contributed by atoms with van der Waals surface area (Å²) in [6.45, 7) is 6.68. The van der Waals surface area contributed by atoms with E-state index in [0.717, 1.165) is 32.6 Å². The number of hydrogen-bond acceptors (Lipinski definition) is 4. The molecule has 3 rings (SSSR count). The normalized spacial score (nSPS) is 23.7. The summed E-state index contributed by atoms with van der Waals surface area (Å²) >= 11 is 0. The van der Waals surface area contributed by atoms with Gasteiger partial charge in [0.1, 0.15) is 0 Å². The Hall–Kier alpha value is -1.10. The van der Waals surface area contributed by atoms with Crippen molar-refractivity contribution in [3.8, 4) is 0 Å². The minimum absolute atomic E-state index is 0.557. The third-order valence-electron chi connectivity index (χ3n) is 4.57. The average molecular weight is 274 g/mol. The molecule has 1 unspecified atom stereocenters. The van der Waals surface area contributed by atoms with Crippen molar-refractivity contribution in [3.05, 3.63) is 29.3 Å². The van der Waals surface area contributed by atoms with Crippen LogP contribution in [-0.4, -0.2) is 57.8 Å². The third-order valence-corrected chi connectivity index (χ3v) is 4.57. The lowest BCUT2D eigenvalue weighted by molar-refractivity contribution is 0.312. The quantitative estimate of drug-likeness (QED) is 0.848. The number of likely N-dealkylation sites (N-methyl/N-ethyl adjacent to an activating group) is 2. The maximum Gasteiger partial charge on any atom is 0.0403 e. The van der Waals surface area contributed by atoms with E-state index in [1.807, 2.05) is 7.05 Å². The molecular formula is C16H26N4. The van der Waals surface area contributed by atoms with Crippen molar-refractivity contribution in [1.29, 1.82) is 0 Å². The molecule has 2 aliphatic rings. The van der Waals surface area contributed by atoms with Crippen molar-refractivity contribution >= 4 is 5.69 Å². The van der Waals surface area contributed by atoms with Crippen LogP contribution < -0.4 is 15.5 Å². The highest BCUT2D eigenvalue weighted by Gasteiger charge is 2.23. The molecule has 4 nitrogen and oxygen atoms in total. The minimum atomic E-state index is 0.557. The zero-order valence-electron chi connectivity index (χ0n) is 12.7. The average Bonchev–Trinajstić information content (AvgIpc) is 2.48. The number of nitrogens with one attached hydrogen (secondary N) is 2. The highest BCUT2D eigenvalue weighted by molar-refractivity contribution is 5.58. The van der Waals surface area contributed by atoms with Crippen LogP contribution in [0.5, 0.6) is 0 Å². The van der Waals surface area contributed by atoms with Crippen LogP contribution in [0.3, 0.4) is 0 Å². The first-order valence-electron chi connectivity index (χ1n) is 7.70. The van der Waals surface area contributed by atoms with Crippen LogP contribution in [0, 0.1) is 0 Å². The number of benzene rings is 1. The lowest BCUT2D eigenvalue weighted by Gasteiger charge is -2.37. The maximum atomic E-state index is 3.62. The van der Waals surface area contributed by atoms with Crippen LogP contribution >= 0.6 is 0 Å². The number of nitrogens with zero attached hydrogens (tertiary/aromatic N) is 2. The molecule has 1 atom stereocenters. The molecule has 2 N–H and O–H groups in total. The van der Waals surface area contributed by atoms with Crippen molar-refractivity contribution in [2.75, 3.05) is 51.7 Å². The van der Waals surface area contributed by atoms with Gasteiger partial charge in [0.15, 0.2) is 0 Å². The van der Waals surface area contributed by atoms with Crippen LogP contribution in [0.1, 0.15) is 11.1 Å². The number of rotatable bonds is 3. The summed E-state index contributed by atoms with van der Waals surface area (Å²) in [5.41, 5.74) is 4.52. The summed E-state index contributed by atoms with van der Waals surface area (Å²) in [5, 5.41) is 6.91. The summed E-state index contributed by atoms with van der Waals surface area (Å²) in [4.78, 5) is 4.98. The first-order valence-corrected chi connectivity index (χ1v) is 7.70. The predicted molar refractivity (Wildman–Crippen MR) is 84.4 cm³/mol. The molecule has 0 amide bonds. The minimum Gasteiger partial charge on any atom is -0.369 e. The summed E-state index contributed by atoms with van der Waals surface area (Å²) in [5.74, 6) is 0. The Labute approximate surface area is 122 Å².